The number of rotatable bonds is 2. The van der Waals surface area contributed by atoms with E-state index in [1.54, 1.807) is 7.11 Å². The summed E-state index contributed by atoms with van der Waals surface area (Å²) in [6.45, 7) is 7.34. The highest BCUT2D eigenvalue weighted by Gasteiger charge is 2.68. The van der Waals surface area contributed by atoms with Crippen LogP contribution in [-0.4, -0.2) is 43.5 Å². The first-order valence-electron chi connectivity index (χ1n) is 9.24. The van der Waals surface area contributed by atoms with Crippen LogP contribution in [0, 0.1) is 11.8 Å². The molecule has 2 heterocycles. The van der Waals surface area contributed by atoms with E-state index in [-0.39, 0.29) is 23.2 Å². The van der Waals surface area contributed by atoms with E-state index in [0.29, 0.717) is 18.4 Å². The van der Waals surface area contributed by atoms with Gasteiger partial charge in [0.05, 0.1) is 7.11 Å². The van der Waals surface area contributed by atoms with E-state index >= 15 is 0 Å². The number of benzene rings is 1. The van der Waals surface area contributed by atoms with Gasteiger partial charge in [0.25, 0.3) is 0 Å². The van der Waals surface area contributed by atoms with Gasteiger partial charge in [-0.2, -0.15) is 0 Å². The minimum atomic E-state index is -0.352. The molecule has 2 bridgehead atoms. The van der Waals surface area contributed by atoms with E-state index in [9.17, 15) is 4.79 Å². The molecule has 132 valence electrons. The normalized spacial score (nSPS) is 38.1. The largest absolute Gasteiger partial charge is 0.493 e. The Morgan fingerprint density at radius 2 is 2.20 bits per heavy atom. The molecule has 5 atom stereocenters. The number of ether oxygens (including phenoxy) is 2. The number of hydrogen-bond acceptors (Lipinski definition) is 4. The van der Waals surface area contributed by atoms with Crippen molar-refractivity contribution in [3.63, 3.8) is 0 Å². The van der Waals surface area contributed by atoms with Crippen molar-refractivity contribution in [2.24, 2.45) is 11.8 Å². The lowest BCUT2D eigenvalue weighted by molar-refractivity contribution is -0.142. The number of methoxy groups -OCH3 is 1. The summed E-state index contributed by atoms with van der Waals surface area (Å²) < 4.78 is 11.9. The average Bonchev–Trinajstić information content (AvgIpc) is 2.94. The fourth-order valence-electron chi connectivity index (χ4n) is 6.25. The van der Waals surface area contributed by atoms with Gasteiger partial charge >= 0.3 is 0 Å². The topological polar surface area (TPSA) is 38.8 Å². The van der Waals surface area contributed by atoms with Crippen molar-refractivity contribution in [1.29, 1.82) is 0 Å². The molecule has 1 spiro atoms. The molecule has 1 saturated carbocycles. The van der Waals surface area contributed by atoms with Crippen LogP contribution in [0.25, 0.3) is 0 Å². The third kappa shape index (κ3) is 1.69. The number of hydrogen-bond donors (Lipinski definition) is 0. The molecule has 2 aliphatic carbocycles. The van der Waals surface area contributed by atoms with E-state index < -0.39 is 0 Å². The first-order valence-corrected chi connectivity index (χ1v) is 9.24. The predicted molar refractivity (Wildman–Crippen MR) is 95.2 cm³/mol. The van der Waals surface area contributed by atoms with Gasteiger partial charge in [-0.15, -0.1) is 0 Å². The molecule has 4 heteroatoms. The van der Waals surface area contributed by atoms with Crippen LogP contribution in [0.2, 0.25) is 0 Å². The van der Waals surface area contributed by atoms with E-state index in [1.165, 1.54) is 11.1 Å². The highest BCUT2D eigenvalue weighted by Crippen LogP contribution is 2.64. The number of likely N-dealkylation sites (tertiary alicyclic amines) is 1. The zero-order chi connectivity index (χ0) is 17.5. The average molecular weight is 339 g/mol. The number of nitrogens with zero attached hydrogens (tertiary/aromatic N) is 1. The molecule has 1 aromatic carbocycles. The molecule has 1 saturated heterocycles. The quantitative estimate of drug-likeness (QED) is 0.777. The molecule has 0 amide bonds. The molecule has 0 N–H and O–H groups in total. The highest BCUT2D eigenvalue weighted by molar-refractivity contribution is 5.90. The molecule has 4 nitrogen and oxygen atoms in total. The SMILES string of the molecule is C=C(C)[C@H]1CC(=O)C2Oc3c(OC)ccc4c3C23CCN(C)C(C4)C13. The third-order valence-corrected chi connectivity index (χ3v) is 7.26. The lowest BCUT2D eigenvalue weighted by atomic mass is 9.48. The second kappa shape index (κ2) is 4.88. The maximum atomic E-state index is 13.1. The van der Waals surface area contributed by atoms with Crippen LogP contribution in [0.3, 0.4) is 0 Å². The first kappa shape index (κ1) is 15.4. The second-order valence-corrected chi connectivity index (χ2v) is 8.32. The molecule has 1 aromatic rings. The lowest BCUT2D eigenvalue weighted by Gasteiger charge is -2.59. The molecule has 2 aliphatic heterocycles. The fourth-order valence-corrected chi connectivity index (χ4v) is 6.25. The number of piperidine rings is 1. The summed E-state index contributed by atoms with van der Waals surface area (Å²) in [5, 5.41) is 0. The van der Waals surface area contributed by atoms with Crippen molar-refractivity contribution < 1.29 is 14.3 Å². The van der Waals surface area contributed by atoms with Crippen molar-refractivity contribution >= 4 is 5.78 Å². The van der Waals surface area contributed by atoms with Gasteiger partial charge in [0.15, 0.2) is 23.4 Å². The Morgan fingerprint density at radius 1 is 1.40 bits per heavy atom. The standard InChI is InChI=1S/C21H25NO3/c1-11(2)13-10-15(23)20-21-7-8-22(3)14(18(13)21)9-12-5-6-16(24-4)19(25-20)17(12)21/h5-6,13-14,18,20H,1,7-10H2,2-4H3/t13-,14?,18?,20?,21?/m1/s1. The summed E-state index contributed by atoms with van der Waals surface area (Å²) in [7, 11) is 3.90. The van der Waals surface area contributed by atoms with Gasteiger partial charge in [-0.3, -0.25) is 4.79 Å². The lowest BCUT2D eigenvalue weighted by Crippen LogP contribution is -2.68. The Balaban J connectivity index is 1.81. The maximum absolute atomic E-state index is 13.1. The summed E-state index contributed by atoms with van der Waals surface area (Å²) in [6, 6.07) is 4.63. The second-order valence-electron chi connectivity index (χ2n) is 8.32. The molecule has 0 aromatic heterocycles. The van der Waals surface area contributed by atoms with Crippen LogP contribution in [-0.2, 0) is 16.6 Å². The third-order valence-electron chi connectivity index (χ3n) is 7.26. The van der Waals surface area contributed by atoms with Gasteiger partial charge < -0.3 is 14.4 Å². The zero-order valence-electron chi connectivity index (χ0n) is 15.2. The molecule has 25 heavy (non-hydrogen) atoms. The van der Waals surface area contributed by atoms with E-state index in [4.69, 9.17) is 9.47 Å². The smallest absolute Gasteiger partial charge is 0.174 e. The van der Waals surface area contributed by atoms with E-state index in [0.717, 1.165) is 36.5 Å². The van der Waals surface area contributed by atoms with Gasteiger partial charge in [-0.05, 0) is 56.8 Å². The van der Waals surface area contributed by atoms with Crippen molar-refractivity contribution in [2.45, 2.75) is 43.7 Å². The Hall–Kier alpha value is -1.81. The zero-order valence-corrected chi connectivity index (χ0v) is 15.2. The number of likely N-dealkylation sites (N-methyl/N-ethyl adjacent to an activating group) is 1. The van der Waals surface area contributed by atoms with Crippen LogP contribution in [0.4, 0.5) is 0 Å². The molecule has 4 aliphatic rings. The summed E-state index contributed by atoms with van der Waals surface area (Å²) in [5.74, 6) is 2.46. The van der Waals surface area contributed by atoms with Gasteiger partial charge in [-0.25, -0.2) is 0 Å². The number of ketones is 1. The summed E-state index contributed by atoms with van der Waals surface area (Å²) in [5.41, 5.74) is 3.54. The van der Waals surface area contributed by atoms with Crippen LogP contribution < -0.4 is 9.47 Å². The number of carbonyl (C=O) groups excluding carboxylic acids is 1. The summed E-state index contributed by atoms with van der Waals surface area (Å²) in [6.07, 6.45) is 2.19. The van der Waals surface area contributed by atoms with Crippen LogP contribution >= 0.6 is 0 Å². The van der Waals surface area contributed by atoms with E-state index in [1.807, 2.05) is 6.07 Å². The monoisotopic (exact) mass is 339 g/mol. The van der Waals surface area contributed by atoms with E-state index in [2.05, 4.69) is 31.5 Å². The van der Waals surface area contributed by atoms with Crippen molar-refractivity contribution in [3.8, 4) is 11.5 Å². The molecular weight excluding hydrogens is 314 g/mol. The van der Waals surface area contributed by atoms with Gasteiger partial charge in [0, 0.05) is 23.4 Å². The summed E-state index contributed by atoms with van der Waals surface area (Å²) in [4.78, 5) is 15.6. The van der Waals surface area contributed by atoms with Crippen molar-refractivity contribution in [3.05, 3.63) is 35.4 Å². The Bertz CT molecular complexity index is 801. The Morgan fingerprint density at radius 3 is 2.92 bits per heavy atom. The fraction of sp³-hybridized carbons (Fsp3) is 0.571. The minimum Gasteiger partial charge on any atom is -0.493 e. The number of carbonyl (C=O) groups is 1. The number of Topliss-reactive ketones (excluding diaryl/α,β-unsaturated/α-hetero) is 1. The van der Waals surface area contributed by atoms with Gasteiger partial charge in [0.2, 0.25) is 0 Å². The Labute approximate surface area is 148 Å². The van der Waals surface area contributed by atoms with Crippen LogP contribution in [0.15, 0.2) is 24.3 Å². The molecule has 4 unspecified atom stereocenters. The highest BCUT2D eigenvalue weighted by atomic mass is 16.5. The van der Waals surface area contributed by atoms with Crippen molar-refractivity contribution in [1.82, 2.24) is 4.90 Å². The molecule has 0 radical (unpaired) electrons. The summed E-state index contributed by atoms with van der Waals surface area (Å²) >= 11 is 0. The number of allylic oxidation sites excluding steroid dienone is 1. The molecular formula is C21H25NO3. The van der Waals surface area contributed by atoms with Crippen molar-refractivity contribution in [2.75, 3.05) is 20.7 Å². The van der Waals surface area contributed by atoms with Crippen LogP contribution in [0.1, 0.15) is 30.9 Å². The van der Waals surface area contributed by atoms with Gasteiger partial charge in [-0.1, -0.05) is 18.2 Å². The maximum Gasteiger partial charge on any atom is 0.174 e. The first-order chi connectivity index (χ1) is 12.0. The minimum absolute atomic E-state index is 0.201. The predicted octanol–water partition coefficient (Wildman–Crippen LogP) is 2.74. The molecule has 2 fully saturated rings. The Kier molecular flexibility index (Phi) is 3.01. The molecule has 5 rings (SSSR count). The van der Waals surface area contributed by atoms with Crippen LogP contribution in [0.5, 0.6) is 11.5 Å². The van der Waals surface area contributed by atoms with Gasteiger partial charge in [0.1, 0.15) is 0 Å².